The molecule has 0 aliphatic heterocycles. The van der Waals surface area contributed by atoms with Gasteiger partial charge in [0.05, 0.1) is 18.1 Å². The summed E-state index contributed by atoms with van der Waals surface area (Å²) in [4.78, 5) is 10.4. The SMILES string of the molecule is O=C(O)C1CCC(O)CC1O. The fraction of sp³-hybridized carbons (Fsp3) is 0.857. The number of carboxylic acids is 1. The minimum absolute atomic E-state index is 0.191. The van der Waals surface area contributed by atoms with Gasteiger partial charge in [-0.05, 0) is 12.8 Å². The maximum atomic E-state index is 10.4. The second-order valence-corrected chi connectivity index (χ2v) is 2.98. The molecule has 4 heteroatoms. The van der Waals surface area contributed by atoms with Crippen molar-refractivity contribution < 1.29 is 20.1 Å². The van der Waals surface area contributed by atoms with Crippen LogP contribution >= 0.6 is 0 Å². The standard InChI is InChI=1S/C7H12O4/c8-4-1-2-5(7(10)11)6(9)3-4/h4-6,8-9H,1-3H2,(H,10,11). The maximum absolute atomic E-state index is 10.4. The van der Waals surface area contributed by atoms with Crippen LogP contribution in [0, 0.1) is 5.92 Å². The number of aliphatic hydroxyl groups is 2. The van der Waals surface area contributed by atoms with Gasteiger partial charge in [0.25, 0.3) is 0 Å². The predicted molar refractivity (Wildman–Crippen MR) is 37.0 cm³/mol. The van der Waals surface area contributed by atoms with Gasteiger partial charge < -0.3 is 15.3 Å². The van der Waals surface area contributed by atoms with Crippen molar-refractivity contribution in [3.8, 4) is 0 Å². The van der Waals surface area contributed by atoms with Gasteiger partial charge in [0.1, 0.15) is 0 Å². The Labute approximate surface area is 64.5 Å². The van der Waals surface area contributed by atoms with E-state index in [1.54, 1.807) is 0 Å². The van der Waals surface area contributed by atoms with Crippen molar-refractivity contribution in [1.29, 1.82) is 0 Å². The lowest BCUT2D eigenvalue weighted by molar-refractivity contribution is -0.149. The number of carbonyl (C=O) groups is 1. The monoisotopic (exact) mass is 160 g/mol. The van der Waals surface area contributed by atoms with Gasteiger partial charge in [-0.25, -0.2) is 0 Å². The third-order valence-corrected chi connectivity index (χ3v) is 2.11. The molecule has 4 nitrogen and oxygen atoms in total. The average molecular weight is 160 g/mol. The van der Waals surface area contributed by atoms with Crippen molar-refractivity contribution in [1.82, 2.24) is 0 Å². The van der Waals surface area contributed by atoms with Gasteiger partial charge in [-0.3, -0.25) is 4.79 Å². The normalized spacial score (nSPS) is 38.5. The van der Waals surface area contributed by atoms with Crippen LogP contribution in [0.2, 0.25) is 0 Å². The van der Waals surface area contributed by atoms with E-state index in [4.69, 9.17) is 15.3 Å². The fourth-order valence-corrected chi connectivity index (χ4v) is 1.41. The van der Waals surface area contributed by atoms with Crippen LogP contribution in [0.15, 0.2) is 0 Å². The quantitative estimate of drug-likeness (QED) is 0.487. The van der Waals surface area contributed by atoms with E-state index in [9.17, 15) is 4.79 Å². The number of hydrogen-bond donors (Lipinski definition) is 3. The molecule has 3 unspecified atom stereocenters. The molecule has 1 saturated carbocycles. The molecule has 1 aliphatic rings. The molecule has 3 atom stereocenters. The van der Waals surface area contributed by atoms with Crippen LogP contribution in [-0.2, 0) is 4.79 Å². The van der Waals surface area contributed by atoms with E-state index in [-0.39, 0.29) is 6.42 Å². The Morgan fingerprint density at radius 2 is 1.91 bits per heavy atom. The first kappa shape index (κ1) is 8.49. The van der Waals surface area contributed by atoms with Crippen molar-refractivity contribution in [2.75, 3.05) is 0 Å². The van der Waals surface area contributed by atoms with Crippen molar-refractivity contribution in [3.05, 3.63) is 0 Å². The maximum Gasteiger partial charge on any atom is 0.309 e. The summed E-state index contributed by atoms with van der Waals surface area (Å²) in [5.74, 6) is -1.65. The molecule has 1 fully saturated rings. The lowest BCUT2D eigenvalue weighted by Crippen LogP contribution is -2.36. The van der Waals surface area contributed by atoms with Crippen LogP contribution in [-0.4, -0.2) is 33.5 Å². The molecule has 0 aromatic carbocycles. The van der Waals surface area contributed by atoms with Crippen LogP contribution in [0.25, 0.3) is 0 Å². The third kappa shape index (κ3) is 1.91. The molecule has 1 rings (SSSR count). The molecule has 0 amide bonds. The highest BCUT2D eigenvalue weighted by molar-refractivity contribution is 5.70. The van der Waals surface area contributed by atoms with E-state index in [0.29, 0.717) is 12.8 Å². The summed E-state index contributed by atoms with van der Waals surface area (Å²) in [5, 5.41) is 26.7. The largest absolute Gasteiger partial charge is 0.481 e. The summed E-state index contributed by atoms with van der Waals surface area (Å²) >= 11 is 0. The van der Waals surface area contributed by atoms with Crippen molar-refractivity contribution in [3.63, 3.8) is 0 Å². The first-order valence-corrected chi connectivity index (χ1v) is 3.70. The number of aliphatic carboxylic acids is 1. The molecule has 11 heavy (non-hydrogen) atoms. The Kier molecular flexibility index (Phi) is 2.46. The van der Waals surface area contributed by atoms with Crippen LogP contribution in [0.5, 0.6) is 0 Å². The first-order chi connectivity index (χ1) is 5.11. The first-order valence-electron chi connectivity index (χ1n) is 3.70. The van der Waals surface area contributed by atoms with Crippen LogP contribution < -0.4 is 0 Å². The molecule has 0 heterocycles. The number of hydrogen-bond acceptors (Lipinski definition) is 3. The van der Waals surface area contributed by atoms with Gasteiger partial charge in [-0.2, -0.15) is 0 Å². The van der Waals surface area contributed by atoms with Gasteiger partial charge in [-0.15, -0.1) is 0 Å². The minimum atomic E-state index is -0.968. The third-order valence-electron chi connectivity index (χ3n) is 2.11. The molecule has 0 aromatic heterocycles. The summed E-state index contributed by atoms with van der Waals surface area (Å²) in [6.45, 7) is 0. The molecular formula is C7H12O4. The Bertz CT molecular complexity index is 157. The van der Waals surface area contributed by atoms with Crippen LogP contribution in [0.1, 0.15) is 19.3 Å². The lowest BCUT2D eigenvalue weighted by atomic mass is 9.85. The minimum Gasteiger partial charge on any atom is -0.481 e. The zero-order valence-electron chi connectivity index (χ0n) is 6.10. The Hall–Kier alpha value is -0.610. The number of carboxylic acid groups (broad SMARTS) is 1. The van der Waals surface area contributed by atoms with Gasteiger partial charge in [0.15, 0.2) is 0 Å². The topological polar surface area (TPSA) is 77.8 Å². The van der Waals surface area contributed by atoms with Gasteiger partial charge in [-0.1, -0.05) is 0 Å². The summed E-state index contributed by atoms with van der Waals surface area (Å²) in [7, 11) is 0. The van der Waals surface area contributed by atoms with E-state index >= 15 is 0 Å². The van der Waals surface area contributed by atoms with Gasteiger partial charge in [0, 0.05) is 6.42 Å². The summed E-state index contributed by atoms with van der Waals surface area (Å²) < 4.78 is 0. The Morgan fingerprint density at radius 3 is 2.36 bits per heavy atom. The van der Waals surface area contributed by atoms with E-state index in [2.05, 4.69) is 0 Å². The second kappa shape index (κ2) is 3.19. The van der Waals surface area contributed by atoms with Crippen molar-refractivity contribution >= 4 is 5.97 Å². The lowest BCUT2D eigenvalue weighted by Gasteiger charge is -2.27. The summed E-state index contributed by atoms with van der Waals surface area (Å²) in [6.07, 6.45) is -0.361. The second-order valence-electron chi connectivity index (χ2n) is 2.98. The number of aliphatic hydroxyl groups excluding tert-OH is 2. The zero-order chi connectivity index (χ0) is 8.43. The molecule has 3 N–H and O–H groups in total. The highest BCUT2D eigenvalue weighted by atomic mass is 16.4. The highest BCUT2D eigenvalue weighted by Gasteiger charge is 2.32. The zero-order valence-corrected chi connectivity index (χ0v) is 6.10. The molecular weight excluding hydrogens is 148 g/mol. The van der Waals surface area contributed by atoms with E-state index in [1.165, 1.54) is 0 Å². The summed E-state index contributed by atoms with van der Waals surface area (Å²) in [5.41, 5.74) is 0. The predicted octanol–water partition coefficient (Wildman–Crippen LogP) is -0.407. The van der Waals surface area contributed by atoms with Crippen molar-refractivity contribution in [2.24, 2.45) is 5.92 Å². The molecule has 0 bridgehead atoms. The van der Waals surface area contributed by atoms with E-state index < -0.39 is 24.1 Å². The van der Waals surface area contributed by atoms with Gasteiger partial charge >= 0.3 is 5.97 Å². The van der Waals surface area contributed by atoms with Crippen LogP contribution in [0.3, 0.4) is 0 Å². The number of rotatable bonds is 1. The van der Waals surface area contributed by atoms with Gasteiger partial charge in [0.2, 0.25) is 0 Å². The van der Waals surface area contributed by atoms with E-state index in [1.807, 2.05) is 0 Å². The van der Waals surface area contributed by atoms with Crippen molar-refractivity contribution in [2.45, 2.75) is 31.5 Å². The molecule has 1 aliphatic carbocycles. The average Bonchev–Trinajstić information content (AvgIpc) is 1.85. The fourth-order valence-electron chi connectivity index (χ4n) is 1.41. The van der Waals surface area contributed by atoms with Crippen LogP contribution in [0.4, 0.5) is 0 Å². The molecule has 64 valence electrons. The molecule has 0 spiro atoms. The Balaban J connectivity index is 2.50. The molecule has 0 saturated heterocycles. The Morgan fingerprint density at radius 1 is 1.27 bits per heavy atom. The highest BCUT2D eigenvalue weighted by Crippen LogP contribution is 2.24. The smallest absolute Gasteiger partial charge is 0.309 e. The molecule has 0 radical (unpaired) electrons. The summed E-state index contributed by atoms with van der Waals surface area (Å²) in [6, 6.07) is 0. The molecule has 0 aromatic rings. The van der Waals surface area contributed by atoms with E-state index in [0.717, 1.165) is 0 Å².